The predicted molar refractivity (Wildman–Crippen MR) is 96.9 cm³/mol. The van der Waals surface area contributed by atoms with E-state index in [1.54, 1.807) is 0 Å². The van der Waals surface area contributed by atoms with Crippen molar-refractivity contribution < 1.29 is 10.2 Å². The summed E-state index contributed by atoms with van der Waals surface area (Å²) in [4.78, 5) is 0. The highest BCUT2D eigenvalue weighted by atomic mass is 16.3. The van der Waals surface area contributed by atoms with E-state index >= 15 is 0 Å². The zero-order valence-electron chi connectivity index (χ0n) is 15.1. The van der Waals surface area contributed by atoms with Crippen molar-refractivity contribution in [3.8, 4) is 0 Å². The third-order valence-corrected chi connectivity index (χ3v) is 3.83. The fraction of sp³-hybridized carbons (Fsp3) is 0.600. The molecule has 126 valence electrons. The summed E-state index contributed by atoms with van der Waals surface area (Å²) in [7, 11) is 0. The Hall–Kier alpha value is -1.12. The summed E-state index contributed by atoms with van der Waals surface area (Å²) in [5, 5.41) is 18.4. The molecule has 2 N–H and O–H groups in total. The molecule has 0 saturated carbocycles. The normalized spacial score (nSPS) is 14.0. The van der Waals surface area contributed by atoms with Crippen LogP contribution in [0.25, 0.3) is 0 Å². The molecule has 0 amide bonds. The number of rotatable bonds is 10. The molecule has 2 nitrogen and oxygen atoms in total. The van der Waals surface area contributed by atoms with E-state index in [1.165, 1.54) is 22.3 Å². The maximum Gasteiger partial charge on any atom is 0.0647 e. The van der Waals surface area contributed by atoms with Crippen molar-refractivity contribution in [3.05, 3.63) is 46.1 Å². The zero-order chi connectivity index (χ0) is 17.0. The van der Waals surface area contributed by atoms with Gasteiger partial charge in [0.25, 0.3) is 0 Å². The van der Waals surface area contributed by atoms with Gasteiger partial charge >= 0.3 is 0 Å². The van der Waals surface area contributed by atoms with E-state index in [4.69, 9.17) is 5.11 Å². The van der Waals surface area contributed by atoms with Crippen molar-refractivity contribution in [1.29, 1.82) is 0 Å². The van der Waals surface area contributed by atoms with Crippen molar-refractivity contribution in [2.75, 3.05) is 13.2 Å². The lowest BCUT2D eigenvalue weighted by molar-refractivity contribution is 0.326. The SMILES string of the molecule is CC(C)=CCCC(C)=C(CO)CC(C)=CCCC(C)=CCO. The van der Waals surface area contributed by atoms with Gasteiger partial charge in [-0.25, -0.2) is 0 Å². The molecule has 0 aromatic carbocycles. The van der Waals surface area contributed by atoms with Crippen LogP contribution in [-0.2, 0) is 0 Å². The number of aliphatic hydroxyl groups is 2. The lowest BCUT2D eigenvalue weighted by Gasteiger charge is -2.10. The maximum atomic E-state index is 9.60. The van der Waals surface area contributed by atoms with Crippen LogP contribution in [0, 0.1) is 0 Å². The van der Waals surface area contributed by atoms with Crippen LogP contribution < -0.4 is 0 Å². The van der Waals surface area contributed by atoms with Crippen LogP contribution in [0.15, 0.2) is 46.1 Å². The Labute approximate surface area is 137 Å². The molecule has 0 unspecified atom stereocenters. The molecule has 0 radical (unpaired) electrons. The summed E-state index contributed by atoms with van der Waals surface area (Å²) >= 11 is 0. The van der Waals surface area contributed by atoms with Crippen LogP contribution in [0.1, 0.15) is 66.7 Å². The molecule has 0 bridgehead atoms. The number of hydrogen-bond donors (Lipinski definition) is 2. The van der Waals surface area contributed by atoms with E-state index in [0.717, 1.165) is 37.7 Å². The Morgan fingerprint density at radius 2 is 1.41 bits per heavy atom. The van der Waals surface area contributed by atoms with Crippen molar-refractivity contribution >= 4 is 0 Å². The molecule has 0 aromatic rings. The first kappa shape index (κ1) is 20.9. The first-order chi connectivity index (χ1) is 10.4. The number of hydrogen-bond acceptors (Lipinski definition) is 2. The molecule has 2 heteroatoms. The molecule has 0 aliphatic rings. The molecule has 0 fully saturated rings. The minimum absolute atomic E-state index is 0.122. The topological polar surface area (TPSA) is 40.5 Å². The van der Waals surface area contributed by atoms with E-state index in [0.29, 0.717) is 0 Å². The van der Waals surface area contributed by atoms with E-state index < -0.39 is 0 Å². The highest BCUT2D eigenvalue weighted by Gasteiger charge is 2.03. The van der Waals surface area contributed by atoms with Gasteiger partial charge in [-0.1, -0.05) is 40.5 Å². The minimum Gasteiger partial charge on any atom is -0.392 e. The molecule has 0 spiro atoms. The van der Waals surface area contributed by atoms with Crippen LogP contribution in [0.4, 0.5) is 0 Å². The fourth-order valence-electron chi connectivity index (χ4n) is 2.31. The van der Waals surface area contributed by atoms with Crippen molar-refractivity contribution in [3.63, 3.8) is 0 Å². The average molecular weight is 306 g/mol. The highest BCUT2D eigenvalue weighted by Crippen LogP contribution is 2.19. The lowest BCUT2D eigenvalue weighted by atomic mass is 9.98. The Morgan fingerprint density at radius 1 is 0.773 bits per heavy atom. The van der Waals surface area contributed by atoms with Gasteiger partial charge in [0.2, 0.25) is 0 Å². The summed E-state index contributed by atoms with van der Waals surface area (Å²) in [6, 6.07) is 0. The van der Waals surface area contributed by atoms with Gasteiger partial charge in [-0.2, -0.15) is 0 Å². The van der Waals surface area contributed by atoms with Gasteiger partial charge in [-0.05, 0) is 72.3 Å². The van der Waals surface area contributed by atoms with Crippen LogP contribution in [-0.4, -0.2) is 23.4 Å². The molecule has 22 heavy (non-hydrogen) atoms. The van der Waals surface area contributed by atoms with Gasteiger partial charge in [0.1, 0.15) is 0 Å². The van der Waals surface area contributed by atoms with E-state index in [9.17, 15) is 5.11 Å². The van der Waals surface area contributed by atoms with Crippen LogP contribution in [0.5, 0.6) is 0 Å². The van der Waals surface area contributed by atoms with Gasteiger partial charge in [0, 0.05) is 0 Å². The number of allylic oxidation sites excluding steroid dienone is 6. The Balaban J connectivity index is 4.51. The van der Waals surface area contributed by atoms with E-state index in [1.807, 2.05) is 13.0 Å². The van der Waals surface area contributed by atoms with Crippen molar-refractivity contribution in [1.82, 2.24) is 0 Å². The smallest absolute Gasteiger partial charge is 0.0647 e. The Kier molecular flexibility index (Phi) is 11.8. The standard InChI is InChI=1S/C20H34O2/c1-16(2)8-6-11-19(5)20(15-22)14-18(4)10-7-9-17(3)12-13-21/h8,10,12,21-22H,6-7,9,11,13-15H2,1-5H3. The molecule has 0 rings (SSSR count). The first-order valence-corrected chi connectivity index (χ1v) is 8.24. The first-order valence-electron chi connectivity index (χ1n) is 8.24. The number of aliphatic hydroxyl groups excluding tert-OH is 2. The second-order valence-electron chi connectivity index (χ2n) is 6.36. The van der Waals surface area contributed by atoms with Crippen LogP contribution in [0.2, 0.25) is 0 Å². The van der Waals surface area contributed by atoms with Gasteiger partial charge in [0.15, 0.2) is 0 Å². The summed E-state index contributed by atoms with van der Waals surface area (Å²) < 4.78 is 0. The third kappa shape index (κ3) is 10.6. The second-order valence-corrected chi connectivity index (χ2v) is 6.36. The quantitative estimate of drug-likeness (QED) is 0.551. The molecule has 0 saturated heterocycles. The molecule has 0 heterocycles. The second kappa shape index (κ2) is 12.4. The average Bonchev–Trinajstić information content (AvgIpc) is 2.44. The summed E-state index contributed by atoms with van der Waals surface area (Å²) in [6.45, 7) is 10.8. The predicted octanol–water partition coefficient (Wildman–Crippen LogP) is 5.10. The van der Waals surface area contributed by atoms with E-state index in [-0.39, 0.29) is 13.2 Å². The molecule has 0 aliphatic heterocycles. The molecule has 0 aromatic heterocycles. The molecule has 0 atom stereocenters. The van der Waals surface area contributed by atoms with Gasteiger partial charge in [-0.15, -0.1) is 0 Å². The van der Waals surface area contributed by atoms with E-state index in [2.05, 4.69) is 39.8 Å². The monoisotopic (exact) mass is 306 g/mol. The van der Waals surface area contributed by atoms with Crippen molar-refractivity contribution in [2.24, 2.45) is 0 Å². The van der Waals surface area contributed by atoms with Gasteiger partial charge in [-0.3, -0.25) is 0 Å². The highest BCUT2D eigenvalue weighted by molar-refractivity contribution is 5.20. The fourth-order valence-corrected chi connectivity index (χ4v) is 2.31. The maximum absolute atomic E-state index is 9.60. The molecular weight excluding hydrogens is 272 g/mol. The van der Waals surface area contributed by atoms with Crippen LogP contribution >= 0.6 is 0 Å². The minimum atomic E-state index is 0.122. The van der Waals surface area contributed by atoms with Crippen LogP contribution in [0.3, 0.4) is 0 Å². The summed E-state index contributed by atoms with van der Waals surface area (Å²) in [6.07, 6.45) is 11.2. The Bertz CT molecular complexity index is 433. The van der Waals surface area contributed by atoms with Gasteiger partial charge < -0.3 is 10.2 Å². The summed E-state index contributed by atoms with van der Waals surface area (Å²) in [5.41, 5.74) is 6.34. The lowest BCUT2D eigenvalue weighted by Crippen LogP contribution is -1.97. The zero-order valence-corrected chi connectivity index (χ0v) is 15.1. The third-order valence-electron chi connectivity index (χ3n) is 3.83. The summed E-state index contributed by atoms with van der Waals surface area (Å²) in [5.74, 6) is 0. The Morgan fingerprint density at radius 3 is 1.95 bits per heavy atom. The molecular formula is C20H34O2. The van der Waals surface area contributed by atoms with Gasteiger partial charge in [0.05, 0.1) is 13.2 Å². The largest absolute Gasteiger partial charge is 0.392 e. The van der Waals surface area contributed by atoms with Crippen molar-refractivity contribution in [2.45, 2.75) is 66.7 Å². The molecule has 0 aliphatic carbocycles.